The number of thiol groups is 1. The zero-order valence-corrected chi connectivity index (χ0v) is 7.24. The molecule has 0 aromatic rings. The second kappa shape index (κ2) is 5.41. The minimum absolute atomic E-state index is 0.121. The summed E-state index contributed by atoms with van der Waals surface area (Å²) in [6.45, 7) is 4.45. The van der Waals surface area contributed by atoms with Crippen LogP contribution in [0.2, 0.25) is 0 Å². The molecule has 3 nitrogen and oxygen atoms in total. The van der Waals surface area contributed by atoms with Crippen LogP contribution in [0.5, 0.6) is 0 Å². The summed E-state index contributed by atoms with van der Waals surface area (Å²) >= 11 is 3.94. The second-order valence-corrected chi connectivity index (χ2v) is 2.73. The van der Waals surface area contributed by atoms with Gasteiger partial charge in [-0.3, -0.25) is 0 Å². The molecular weight excluding hydrogens is 148 g/mol. The van der Waals surface area contributed by atoms with Crippen molar-refractivity contribution in [3.05, 3.63) is 0 Å². The molecule has 0 atom stereocenters. The van der Waals surface area contributed by atoms with E-state index in [1.807, 2.05) is 13.8 Å². The smallest absolute Gasteiger partial charge is 0.315 e. The zero-order chi connectivity index (χ0) is 7.98. The Balaban J connectivity index is 3.26. The largest absolute Gasteiger partial charge is 0.337 e. The van der Waals surface area contributed by atoms with Gasteiger partial charge in [0.1, 0.15) is 0 Å². The van der Waals surface area contributed by atoms with E-state index >= 15 is 0 Å². The van der Waals surface area contributed by atoms with Gasteiger partial charge in [-0.15, -0.1) is 0 Å². The van der Waals surface area contributed by atoms with Crippen LogP contribution in [-0.2, 0) is 0 Å². The van der Waals surface area contributed by atoms with Crippen molar-refractivity contribution in [2.75, 3.05) is 12.3 Å². The first kappa shape index (κ1) is 9.62. The topological polar surface area (TPSA) is 41.1 Å². The normalized spacial score (nSPS) is 9.60. The summed E-state index contributed by atoms with van der Waals surface area (Å²) < 4.78 is 0. The van der Waals surface area contributed by atoms with E-state index in [4.69, 9.17) is 0 Å². The molecule has 0 spiro atoms. The van der Waals surface area contributed by atoms with Gasteiger partial charge < -0.3 is 10.6 Å². The van der Waals surface area contributed by atoms with Gasteiger partial charge in [0.25, 0.3) is 0 Å². The van der Waals surface area contributed by atoms with Gasteiger partial charge in [-0.25, -0.2) is 4.79 Å². The molecule has 0 saturated heterocycles. The highest BCUT2D eigenvalue weighted by Crippen LogP contribution is 1.76. The van der Waals surface area contributed by atoms with E-state index in [2.05, 4.69) is 23.3 Å². The van der Waals surface area contributed by atoms with E-state index in [0.29, 0.717) is 12.3 Å². The van der Waals surface area contributed by atoms with Crippen LogP contribution in [0.1, 0.15) is 13.8 Å². The first-order valence-electron chi connectivity index (χ1n) is 3.32. The van der Waals surface area contributed by atoms with Crippen molar-refractivity contribution < 1.29 is 4.79 Å². The molecule has 0 radical (unpaired) electrons. The maximum Gasteiger partial charge on any atom is 0.315 e. The fourth-order valence-electron chi connectivity index (χ4n) is 0.483. The van der Waals surface area contributed by atoms with Crippen molar-refractivity contribution in [3.63, 3.8) is 0 Å². The number of hydrogen-bond acceptors (Lipinski definition) is 2. The van der Waals surface area contributed by atoms with E-state index in [1.165, 1.54) is 0 Å². The highest BCUT2D eigenvalue weighted by Gasteiger charge is 1.98. The summed E-state index contributed by atoms with van der Waals surface area (Å²) in [5.41, 5.74) is 0. The van der Waals surface area contributed by atoms with Gasteiger partial charge in [0.15, 0.2) is 0 Å². The maximum absolute atomic E-state index is 10.8. The first-order valence-corrected chi connectivity index (χ1v) is 3.95. The quantitative estimate of drug-likeness (QED) is 0.523. The molecule has 0 aromatic carbocycles. The van der Waals surface area contributed by atoms with Crippen LogP contribution < -0.4 is 10.6 Å². The van der Waals surface area contributed by atoms with Crippen molar-refractivity contribution in [3.8, 4) is 0 Å². The van der Waals surface area contributed by atoms with E-state index < -0.39 is 0 Å². The van der Waals surface area contributed by atoms with Gasteiger partial charge in [-0.2, -0.15) is 12.6 Å². The molecular formula is C6H14N2OS. The molecule has 0 unspecified atom stereocenters. The number of hydrogen-bond donors (Lipinski definition) is 3. The Morgan fingerprint density at radius 2 is 2.20 bits per heavy atom. The Hall–Kier alpha value is -0.380. The third-order valence-corrected chi connectivity index (χ3v) is 1.04. The molecule has 0 saturated carbocycles. The minimum atomic E-state index is -0.121. The van der Waals surface area contributed by atoms with E-state index in [9.17, 15) is 4.79 Å². The Kier molecular flexibility index (Phi) is 5.20. The van der Waals surface area contributed by atoms with Gasteiger partial charge in [0.05, 0.1) is 0 Å². The molecule has 0 aliphatic rings. The Morgan fingerprint density at radius 3 is 2.60 bits per heavy atom. The maximum atomic E-state index is 10.8. The third-order valence-electron chi connectivity index (χ3n) is 0.817. The Bertz CT molecular complexity index is 106. The van der Waals surface area contributed by atoms with Gasteiger partial charge in [0.2, 0.25) is 0 Å². The average molecular weight is 162 g/mol. The minimum Gasteiger partial charge on any atom is -0.337 e. The van der Waals surface area contributed by atoms with Crippen molar-refractivity contribution in [1.82, 2.24) is 10.6 Å². The average Bonchev–Trinajstić information content (AvgIpc) is 1.82. The third kappa shape index (κ3) is 5.75. The van der Waals surface area contributed by atoms with E-state index in [0.717, 1.165) is 0 Å². The Labute approximate surface area is 67.0 Å². The molecule has 0 aromatic heterocycles. The predicted molar refractivity (Wildman–Crippen MR) is 45.5 cm³/mol. The van der Waals surface area contributed by atoms with E-state index in [-0.39, 0.29) is 12.1 Å². The lowest BCUT2D eigenvalue weighted by atomic mass is 10.4. The second-order valence-electron chi connectivity index (χ2n) is 2.28. The summed E-state index contributed by atoms with van der Waals surface area (Å²) in [6, 6.07) is 0.0731. The van der Waals surface area contributed by atoms with Crippen LogP contribution in [0.4, 0.5) is 4.79 Å². The van der Waals surface area contributed by atoms with Crippen LogP contribution in [0.25, 0.3) is 0 Å². The molecule has 0 rings (SSSR count). The predicted octanol–water partition coefficient (Wildman–Crippen LogP) is 0.624. The highest BCUT2D eigenvalue weighted by atomic mass is 32.1. The first-order chi connectivity index (χ1) is 4.66. The number of amides is 2. The number of nitrogens with one attached hydrogen (secondary N) is 2. The molecule has 10 heavy (non-hydrogen) atoms. The summed E-state index contributed by atoms with van der Waals surface area (Å²) in [4.78, 5) is 10.8. The Morgan fingerprint density at radius 1 is 1.60 bits per heavy atom. The van der Waals surface area contributed by atoms with Crippen LogP contribution in [0.3, 0.4) is 0 Å². The lowest BCUT2D eigenvalue weighted by Gasteiger charge is -2.08. The highest BCUT2D eigenvalue weighted by molar-refractivity contribution is 7.80. The van der Waals surface area contributed by atoms with E-state index in [1.54, 1.807) is 0 Å². The van der Waals surface area contributed by atoms with Crippen LogP contribution in [0.15, 0.2) is 0 Å². The molecule has 2 amide bonds. The van der Waals surface area contributed by atoms with Crippen molar-refractivity contribution in [2.24, 2.45) is 0 Å². The van der Waals surface area contributed by atoms with Crippen LogP contribution in [0, 0.1) is 0 Å². The molecule has 2 N–H and O–H groups in total. The van der Waals surface area contributed by atoms with Crippen LogP contribution >= 0.6 is 12.6 Å². The lowest BCUT2D eigenvalue weighted by molar-refractivity contribution is 0.239. The fraction of sp³-hybridized carbons (Fsp3) is 0.833. The zero-order valence-electron chi connectivity index (χ0n) is 6.35. The van der Waals surface area contributed by atoms with Gasteiger partial charge in [-0.1, -0.05) is 0 Å². The molecule has 0 heterocycles. The number of urea groups is 1. The molecule has 60 valence electrons. The van der Waals surface area contributed by atoms with Crippen molar-refractivity contribution in [2.45, 2.75) is 19.9 Å². The van der Waals surface area contributed by atoms with Gasteiger partial charge in [-0.05, 0) is 13.8 Å². The summed E-state index contributed by atoms with van der Waals surface area (Å²) in [5.74, 6) is 0.672. The summed E-state index contributed by atoms with van der Waals surface area (Å²) in [7, 11) is 0. The molecule has 0 aliphatic heterocycles. The standard InChI is InChI=1S/C6H14N2OS/c1-5(2)8-6(9)7-3-4-10/h5,10H,3-4H2,1-2H3,(H2,7,8,9). The summed E-state index contributed by atoms with van der Waals surface area (Å²) in [5, 5.41) is 5.33. The number of rotatable bonds is 3. The lowest BCUT2D eigenvalue weighted by Crippen LogP contribution is -2.40. The molecule has 0 fully saturated rings. The van der Waals surface area contributed by atoms with Gasteiger partial charge >= 0.3 is 6.03 Å². The van der Waals surface area contributed by atoms with Crippen molar-refractivity contribution >= 4 is 18.7 Å². The number of carbonyl (C=O) groups excluding carboxylic acids is 1. The summed E-state index contributed by atoms with van der Waals surface area (Å²) in [6.07, 6.45) is 0. The molecule has 0 bridgehead atoms. The van der Waals surface area contributed by atoms with Crippen molar-refractivity contribution in [1.29, 1.82) is 0 Å². The van der Waals surface area contributed by atoms with Crippen LogP contribution in [-0.4, -0.2) is 24.4 Å². The fourth-order valence-corrected chi connectivity index (χ4v) is 0.594. The molecule has 4 heteroatoms. The SMILES string of the molecule is CC(C)NC(=O)NCCS. The van der Waals surface area contributed by atoms with Gasteiger partial charge in [0, 0.05) is 18.3 Å². The molecule has 0 aliphatic carbocycles. The monoisotopic (exact) mass is 162 g/mol. The number of carbonyl (C=O) groups is 1.